The third-order valence-corrected chi connectivity index (χ3v) is 8.30. The largest absolute Gasteiger partial charge is 0.425 e. The van der Waals surface area contributed by atoms with Crippen molar-refractivity contribution in [2.45, 2.75) is 110 Å². The topological polar surface area (TPSA) is 131 Å². The minimum absolute atomic E-state index is 0.102. The van der Waals surface area contributed by atoms with Crippen molar-refractivity contribution in [1.29, 1.82) is 0 Å². The highest BCUT2D eigenvalue weighted by atomic mass is 35.5. The zero-order chi connectivity index (χ0) is 31.9. The summed E-state index contributed by atoms with van der Waals surface area (Å²) in [6, 6.07) is 4.62. The second-order valence-electron chi connectivity index (χ2n) is 11.2. The molecule has 1 aromatic carbocycles. The number of piperidine rings is 1. The number of hydrogen-bond donors (Lipinski definition) is 2. The lowest BCUT2D eigenvalue weighted by atomic mass is 10.0. The molecule has 1 fully saturated rings. The first-order valence-electron chi connectivity index (χ1n) is 15.6. The van der Waals surface area contributed by atoms with Gasteiger partial charge in [0.05, 0.1) is 21.8 Å². The maximum Gasteiger partial charge on any atom is 0.412 e. The summed E-state index contributed by atoms with van der Waals surface area (Å²) in [5.74, 6) is -1.10. The van der Waals surface area contributed by atoms with Gasteiger partial charge in [0, 0.05) is 44.5 Å². The van der Waals surface area contributed by atoms with Crippen LogP contribution in [-0.2, 0) is 20.7 Å². The normalized spacial score (nSPS) is 14.2. The molecule has 2 N–H and O–H groups in total. The molecule has 1 aromatic heterocycles. The van der Waals surface area contributed by atoms with Crippen molar-refractivity contribution in [1.82, 2.24) is 20.4 Å². The number of nitrogens with zero attached hydrogens (tertiary/aromatic N) is 2. The molecule has 0 saturated carbocycles. The van der Waals surface area contributed by atoms with E-state index in [1.165, 1.54) is 56.5 Å². The van der Waals surface area contributed by atoms with Crippen LogP contribution >= 0.6 is 23.2 Å². The Kier molecular flexibility index (Phi) is 15.0. The number of nitrogens with one attached hydrogen (secondary N) is 2. The van der Waals surface area contributed by atoms with Gasteiger partial charge in [-0.3, -0.25) is 19.5 Å². The number of amides is 2. The average molecular weight is 652 g/mol. The fourth-order valence-electron chi connectivity index (χ4n) is 5.20. The van der Waals surface area contributed by atoms with Crippen LogP contribution in [-0.4, -0.2) is 64.3 Å². The number of rotatable bonds is 17. The Bertz CT molecular complexity index is 1220. The van der Waals surface area contributed by atoms with Crippen molar-refractivity contribution in [2.75, 3.05) is 13.1 Å². The van der Waals surface area contributed by atoms with Gasteiger partial charge in [-0.1, -0.05) is 87.6 Å². The number of likely N-dealkylation sites (tertiary alicyclic amines) is 1. The average Bonchev–Trinajstić information content (AvgIpc) is 3.44. The minimum Gasteiger partial charge on any atom is -0.425 e. The lowest BCUT2D eigenvalue weighted by molar-refractivity contribution is -0.166. The Balaban J connectivity index is 1.34. The van der Waals surface area contributed by atoms with Gasteiger partial charge in [-0.25, -0.2) is 4.79 Å². The molecule has 0 radical (unpaired) electrons. The van der Waals surface area contributed by atoms with Gasteiger partial charge in [0.1, 0.15) is 5.69 Å². The number of H-pyrrole nitrogens is 1. The van der Waals surface area contributed by atoms with Gasteiger partial charge in [0.2, 0.25) is 6.29 Å². The molecule has 1 atom stereocenters. The predicted molar refractivity (Wildman–Crippen MR) is 169 cm³/mol. The molecule has 242 valence electrons. The van der Waals surface area contributed by atoms with Crippen molar-refractivity contribution in [2.24, 2.45) is 0 Å². The van der Waals surface area contributed by atoms with Crippen molar-refractivity contribution in [3.8, 4) is 0 Å². The van der Waals surface area contributed by atoms with E-state index >= 15 is 0 Å². The standard InChI is InChI=1S/C32H44Cl2N4O6/c1-3-4-5-6-7-8-9-10-11-15-28(40)43-22(2)44-32(42)38-18-16-24(17-19-38)36-31(41)30-23(21-35-37-30)20-27(39)29-25(33)13-12-14-26(29)34/h12-14,21-22,24H,3-11,15-20H2,1-2H3,(H,35,37)(H,36,41). The number of unbranched alkanes of at least 4 members (excludes halogenated alkanes) is 8. The van der Waals surface area contributed by atoms with Crippen molar-refractivity contribution >= 4 is 47.0 Å². The van der Waals surface area contributed by atoms with Gasteiger partial charge < -0.3 is 19.7 Å². The van der Waals surface area contributed by atoms with Crippen LogP contribution < -0.4 is 5.32 Å². The van der Waals surface area contributed by atoms with E-state index in [-0.39, 0.29) is 45.5 Å². The van der Waals surface area contributed by atoms with Gasteiger partial charge in [-0.05, 0) is 31.4 Å². The summed E-state index contributed by atoms with van der Waals surface area (Å²) >= 11 is 12.3. The number of ether oxygens (including phenoxy) is 2. The van der Waals surface area contributed by atoms with E-state index in [0.717, 1.165) is 19.3 Å². The number of aromatic nitrogens is 2. The highest BCUT2D eigenvalue weighted by Gasteiger charge is 2.28. The van der Waals surface area contributed by atoms with E-state index < -0.39 is 18.3 Å². The molecule has 1 unspecified atom stereocenters. The van der Waals surface area contributed by atoms with Crippen LogP contribution in [0.5, 0.6) is 0 Å². The SMILES string of the molecule is CCCCCCCCCCCC(=O)OC(C)OC(=O)N1CCC(NC(=O)c2[nH]ncc2CC(=O)c2c(Cl)cccc2Cl)CC1. The monoisotopic (exact) mass is 650 g/mol. The highest BCUT2D eigenvalue weighted by molar-refractivity contribution is 6.39. The van der Waals surface area contributed by atoms with Crippen LogP contribution in [0.2, 0.25) is 10.0 Å². The third kappa shape index (κ3) is 11.4. The van der Waals surface area contributed by atoms with Crippen LogP contribution in [0.15, 0.2) is 24.4 Å². The first kappa shape index (κ1) is 35.4. The van der Waals surface area contributed by atoms with E-state index in [1.807, 2.05) is 0 Å². The van der Waals surface area contributed by atoms with Crippen LogP contribution in [0.3, 0.4) is 0 Å². The van der Waals surface area contributed by atoms with Crippen molar-refractivity contribution < 1.29 is 28.7 Å². The summed E-state index contributed by atoms with van der Waals surface area (Å²) in [6.45, 7) is 4.47. The number of benzene rings is 1. The van der Waals surface area contributed by atoms with Crippen LogP contribution in [0.4, 0.5) is 4.79 Å². The van der Waals surface area contributed by atoms with Crippen molar-refractivity contribution in [3.63, 3.8) is 0 Å². The molecule has 44 heavy (non-hydrogen) atoms. The molecule has 3 rings (SSSR count). The summed E-state index contributed by atoms with van der Waals surface area (Å²) in [7, 11) is 0. The van der Waals surface area contributed by atoms with E-state index in [0.29, 0.717) is 37.9 Å². The first-order valence-corrected chi connectivity index (χ1v) is 16.4. The molecule has 0 aliphatic carbocycles. The van der Waals surface area contributed by atoms with Gasteiger partial charge in [-0.15, -0.1) is 0 Å². The fraction of sp³-hybridized carbons (Fsp3) is 0.594. The molecule has 0 spiro atoms. The number of Topliss-reactive ketones (excluding diaryl/α,β-unsaturated/α-hetero) is 1. The van der Waals surface area contributed by atoms with E-state index in [9.17, 15) is 19.2 Å². The number of ketones is 1. The summed E-state index contributed by atoms with van der Waals surface area (Å²) < 4.78 is 10.6. The second kappa shape index (κ2) is 18.6. The number of hydrogen-bond acceptors (Lipinski definition) is 7. The van der Waals surface area contributed by atoms with Crippen LogP contribution in [0.25, 0.3) is 0 Å². The Labute approximate surface area is 269 Å². The van der Waals surface area contributed by atoms with E-state index in [2.05, 4.69) is 22.4 Å². The van der Waals surface area contributed by atoms with Crippen LogP contribution in [0.1, 0.15) is 117 Å². The quantitative estimate of drug-likeness (QED) is 0.0796. The molecule has 1 saturated heterocycles. The predicted octanol–water partition coefficient (Wildman–Crippen LogP) is 7.28. The van der Waals surface area contributed by atoms with Gasteiger partial charge >= 0.3 is 12.1 Å². The van der Waals surface area contributed by atoms with Crippen molar-refractivity contribution in [3.05, 3.63) is 51.3 Å². The Morgan fingerprint density at radius 2 is 1.59 bits per heavy atom. The zero-order valence-corrected chi connectivity index (χ0v) is 27.2. The lowest BCUT2D eigenvalue weighted by Gasteiger charge is -2.32. The maximum atomic E-state index is 13.0. The molecule has 12 heteroatoms. The maximum absolute atomic E-state index is 13.0. The molecule has 2 heterocycles. The highest BCUT2D eigenvalue weighted by Crippen LogP contribution is 2.26. The molecule has 0 bridgehead atoms. The van der Waals surface area contributed by atoms with Crippen LogP contribution in [0, 0.1) is 0 Å². The Morgan fingerprint density at radius 1 is 0.977 bits per heavy atom. The van der Waals surface area contributed by atoms with Gasteiger partial charge in [0.25, 0.3) is 5.91 Å². The third-order valence-electron chi connectivity index (χ3n) is 7.67. The smallest absolute Gasteiger partial charge is 0.412 e. The first-order chi connectivity index (χ1) is 21.2. The number of aromatic amines is 1. The molecule has 2 aromatic rings. The molecule has 1 aliphatic rings. The minimum atomic E-state index is -0.979. The molecule has 2 amide bonds. The van der Waals surface area contributed by atoms with Gasteiger partial charge in [-0.2, -0.15) is 5.10 Å². The lowest BCUT2D eigenvalue weighted by Crippen LogP contribution is -2.47. The Morgan fingerprint density at radius 3 is 2.23 bits per heavy atom. The number of carbonyl (C=O) groups excluding carboxylic acids is 4. The zero-order valence-electron chi connectivity index (χ0n) is 25.7. The molecular weight excluding hydrogens is 607 g/mol. The molecule has 1 aliphatic heterocycles. The summed E-state index contributed by atoms with van der Waals surface area (Å²) in [4.78, 5) is 52.1. The molecule has 10 nitrogen and oxygen atoms in total. The fourth-order valence-corrected chi connectivity index (χ4v) is 5.80. The Hall–Kier alpha value is -3.11. The molecular formula is C32H44Cl2N4O6. The second-order valence-corrected chi connectivity index (χ2v) is 12.0. The summed E-state index contributed by atoms with van der Waals surface area (Å²) in [5.41, 5.74) is 0.804. The van der Waals surface area contributed by atoms with E-state index in [1.54, 1.807) is 18.2 Å². The van der Waals surface area contributed by atoms with Gasteiger partial charge in [0.15, 0.2) is 5.78 Å². The van der Waals surface area contributed by atoms with E-state index in [4.69, 9.17) is 32.7 Å². The number of halogens is 2. The summed E-state index contributed by atoms with van der Waals surface area (Å²) in [5, 5.41) is 10.0. The number of carbonyl (C=O) groups is 4. The number of esters is 1. The summed E-state index contributed by atoms with van der Waals surface area (Å²) in [6.07, 6.45) is 11.5.